The minimum atomic E-state index is 0.270. The van der Waals surface area contributed by atoms with Gasteiger partial charge in [-0.2, -0.15) is 0 Å². The number of ketones is 1. The van der Waals surface area contributed by atoms with Gasteiger partial charge in [-0.15, -0.1) is 0 Å². The Bertz CT molecular complexity index is 338. The Kier molecular flexibility index (Phi) is 7.04. The van der Waals surface area contributed by atoms with E-state index in [1.807, 2.05) is 12.1 Å². The molecule has 0 saturated heterocycles. The molecule has 0 heterocycles. The smallest absolute Gasteiger partial charge is 0.155 e. The lowest BCUT2D eigenvalue weighted by molar-refractivity contribution is -0.114. The van der Waals surface area contributed by atoms with Crippen molar-refractivity contribution in [2.24, 2.45) is 0 Å². The molecule has 0 fully saturated rings. The molecule has 1 rings (SSSR count). The Morgan fingerprint density at radius 1 is 1.18 bits per heavy atom. The van der Waals surface area contributed by atoms with Crippen LogP contribution in [0.5, 0.6) is 0 Å². The molecule has 1 nitrogen and oxygen atoms in total. The van der Waals surface area contributed by atoms with Crippen LogP contribution in [-0.2, 0) is 11.2 Å². The summed E-state index contributed by atoms with van der Waals surface area (Å²) in [5, 5.41) is 0. The van der Waals surface area contributed by atoms with Gasteiger partial charge in [0.2, 0.25) is 0 Å². The van der Waals surface area contributed by atoms with E-state index in [0.29, 0.717) is 6.42 Å². The minimum Gasteiger partial charge on any atom is -0.295 e. The molecule has 0 unspecified atom stereocenters. The first-order valence-electron chi connectivity index (χ1n) is 6.56. The number of allylic oxidation sites excluding steroid dienone is 2. The number of aryl methyl sites for hydroxylation is 1. The zero-order valence-corrected chi connectivity index (χ0v) is 10.7. The number of rotatable bonds is 8. The molecule has 17 heavy (non-hydrogen) atoms. The SMILES string of the molecule is CCCCCC(=O)C=CCCc1ccccc1. The first kappa shape index (κ1) is 13.7. The van der Waals surface area contributed by atoms with E-state index in [9.17, 15) is 4.79 Å². The summed E-state index contributed by atoms with van der Waals surface area (Å²) >= 11 is 0. The van der Waals surface area contributed by atoms with Crippen LogP contribution in [0.4, 0.5) is 0 Å². The summed E-state index contributed by atoms with van der Waals surface area (Å²) in [7, 11) is 0. The van der Waals surface area contributed by atoms with Crippen LogP contribution in [-0.4, -0.2) is 5.78 Å². The van der Waals surface area contributed by atoms with E-state index in [-0.39, 0.29) is 5.78 Å². The molecular formula is C16H22O. The fraction of sp³-hybridized carbons (Fsp3) is 0.438. The van der Waals surface area contributed by atoms with Crippen LogP contribution < -0.4 is 0 Å². The molecular weight excluding hydrogens is 208 g/mol. The predicted molar refractivity (Wildman–Crippen MR) is 73.1 cm³/mol. The molecule has 1 aromatic rings. The van der Waals surface area contributed by atoms with Crippen molar-refractivity contribution >= 4 is 5.78 Å². The van der Waals surface area contributed by atoms with Gasteiger partial charge >= 0.3 is 0 Å². The summed E-state index contributed by atoms with van der Waals surface area (Å²) < 4.78 is 0. The zero-order valence-electron chi connectivity index (χ0n) is 10.7. The monoisotopic (exact) mass is 230 g/mol. The second-order valence-corrected chi connectivity index (χ2v) is 4.35. The third kappa shape index (κ3) is 6.72. The lowest BCUT2D eigenvalue weighted by Crippen LogP contribution is -1.92. The van der Waals surface area contributed by atoms with Crippen LogP contribution in [0.2, 0.25) is 0 Å². The second kappa shape index (κ2) is 8.74. The van der Waals surface area contributed by atoms with Gasteiger partial charge < -0.3 is 0 Å². The first-order valence-corrected chi connectivity index (χ1v) is 6.56. The molecule has 1 heteroatoms. The van der Waals surface area contributed by atoms with Gasteiger partial charge in [-0.3, -0.25) is 4.79 Å². The largest absolute Gasteiger partial charge is 0.295 e. The summed E-state index contributed by atoms with van der Waals surface area (Å²) in [6, 6.07) is 10.4. The highest BCUT2D eigenvalue weighted by Crippen LogP contribution is 2.04. The molecule has 0 atom stereocenters. The highest BCUT2D eigenvalue weighted by atomic mass is 16.1. The predicted octanol–water partition coefficient (Wildman–Crippen LogP) is 4.32. The average Bonchev–Trinajstić information content (AvgIpc) is 2.36. The molecule has 0 aliphatic rings. The lowest BCUT2D eigenvalue weighted by atomic mass is 10.1. The molecule has 0 aliphatic heterocycles. The maximum Gasteiger partial charge on any atom is 0.155 e. The first-order chi connectivity index (χ1) is 8.33. The Morgan fingerprint density at radius 3 is 2.65 bits per heavy atom. The van der Waals surface area contributed by atoms with Gasteiger partial charge in [0.05, 0.1) is 0 Å². The normalized spacial score (nSPS) is 10.9. The van der Waals surface area contributed by atoms with Gasteiger partial charge in [0.1, 0.15) is 0 Å². The van der Waals surface area contributed by atoms with Crippen LogP contribution in [0, 0.1) is 0 Å². The molecule has 0 bridgehead atoms. The van der Waals surface area contributed by atoms with Crippen molar-refractivity contribution in [3.05, 3.63) is 48.0 Å². The summed E-state index contributed by atoms with van der Waals surface area (Å²) in [5.41, 5.74) is 1.33. The fourth-order valence-corrected chi connectivity index (χ4v) is 1.74. The number of hydrogen-bond acceptors (Lipinski definition) is 1. The maximum atomic E-state index is 11.4. The highest BCUT2D eigenvalue weighted by Gasteiger charge is 1.95. The van der Waals surface area contributed by atoms with Crippen molar-refractivity contribution in [3.63, 3.8) is 0 Å². The third-order valence-corrected chi connectivity index (χ3v) is 2.77. The fourth-order valence-electron chi connectivity index (χ4n) is 1.74. The van der Waals surface area contributed by atoms with Crippen LogP contribution in [0.25, 0.3) is 0 Å². The van der Waals surface area contributed by atoms with Gasteiger partial charge in [-0.25, -0.2) is 0 Å². The van der Waals surface area contributed by atoms with Crippen LogP contribution in [0.1, 0.15) is 44.6 Å². The summed E-state index contributed by atoms with van der Waals surface area (Å²) in [6.45, 7) is 2.15. The van der Waals surface area contributed by atoms with Crippen molar-refractivity contribution in [1.82, 2.24) is 0 Å². The van der Waals surface area contributed by atoms with Crippen molar-refractivity contribution in [2.75, 3.05) is 0 Å². The molecule has 92 valence electrons. The molecule has 0 N–H and O–H groups in total. The summed E-state index contributed by atoms with van der Waals surface area (Å²) in [5.74, 6) is 0.270. The van der Waals surface area contributed by atoms with Gasteiger partial charge in [0.25, 0.3) is 0 Å². The van der Waals surface area contributed by atoms with E-state index in [2.05, 4.69) is 31.2 Å². The molecule has 0 saturated carbocycles. The van der Waals surface area contributed by atoms with E-state index in [0.717, 1.165) is 25.7 Å². The topological polar surface area (TPSA) is 17.1 Å². The lowest BCUT2D eigenvalue weighted by Gasteiger charge is -1.97. The van der Waals surface area contributed by atoms with E-state index < -0.39 is 0 Å². The van der Waals surface area contributed by atoms with Gasteiger partial charge in [0.15, 0.2) is 5.78 Å². The number of carbonyl (C=O) groups excluding carboxylic acids is 1. The van der Waals surface area contributed by atoms with Crippen molar-refractivity contribution < 1.29 is 4.79 Å². The molecule has 0 spiro atoms. The second-order valence-electron chi connectivity index (χ2n) is 4.35. The van der Waals surface area contributed by atoms with Crippen molar-refractivity contribution in [1.29, 1.82) is 0 Å². The quantitative estimate of drug-likeness (QED) is 0.480. The van der Waals surface area contributed by atoms with Gasteiger partial charge in [-0.05, 0) is 30.9 Å². The van der Waals surface area contributed by atoms with E-state index in [4.69, 9.17) is 0 Å². The standard InChI is InChI=1S/C16H22O/c1-2-3-5-13-16(17)14-9-8-12-15-10-6-4-7-11-15/h4,6-7,9-11,14H,2-3,5,8,12-13H2,1H3. The van der Waals surface area contributed by atoms with Crippen molar-refractivity contribution in [2.45, 2.75) is 45.4 Å². The molecule has 0 aliphatic carbocycles. The third-order valence-electron chi connectivity index (χ3n) is 2.77. The van der Waals surface area contributed by atoms with Gasteiger partial charge in [0, 0.05) is 6.42 Å². The van der Waals surface area contributed by atoms with Gasteiger partial charge in [-0.1, -0.05) is 56.2 Å². The van der Waals surface area contributed by atoms with Crippen LogP contribution in [0.15, 0.2) is 42.5 Å². The van der Waals surface area contributed by atoms with E-state index in [1.54, 1.807) is 6.08 Å². The van der Waals surface area contributed by atoms with Crippen LogP contribution >= 0.6 is 0 Å². The molecule has 0 radical (unpaired) electrons. The number of hydrogen-bond donors (Lipinski definition) is 0. The Morgan fingerprint density at radius 2 is 1.94 bits per heavy atom. The number of benzene rings is 1. The zero-order chi connectivity index (χ0) is 12.3. The average molecular weight is 230 g/mol. The highest BCUT2D eigenvalue weighted by molar-refractivity contribution is 5.89. The van der Waals surface area contributed by atoms with Crippen LogP contribution in [0.3, 0.4) is 0 Å². The maximum absolute atomic E-state index is 11.4. The van der Waals surface area contributed by atoms with E-state index in [1.165, 1.54) is 12.0 Å². The minimum absolute atomic E-state index is 0.270. The Balaban J connectivity index is 2.15. The molecule has 0 aromatic heterocycles. The summed E-state index contributed by atoms with van der Waals surface area (Å²) in [6.07, 6.45) is 9.77. The summed E-state index contributed by atoms with van der Waals surface area (Å²) in [4.78, 5) is 11.4. The van der Waals surface area contributed by atoms with E-state index >= 15 is 0 Å². The number of carbonyl (C=O) groups is 1. The Labute approximate surface area is 105 Å². The molecule has 1 aromatic carbocycles. The Hall–Kier alpha value is -1.37. The molecule has 0 amide bonds. The van der Waals surface area contributed by atoms with Crippen molar-refractivity contribution in [3.8, 4) is 0 Å². The number of unbranched alkanes of at least 4 members (excludes halogenated alkanes) is 2.